The zero-order valence-electron chi connectivity index (χ0n) is 10.3. The summed E-state index contributed by atoms with van der Waals surface area (Å²) >= 11 is 9.39. The van der Waals surface area contributed by atoms with Gasteiger partial charge in [-0.1, -0.05) is 27.5 Å². The van der Waals surface area contributed by atoms with Gasteiger partial charge in [-0.3, -0.25) is 4.79 Å². The number of hydrogen-bond donors (Lipinski definition) is 1. The van der Waals surface area contributed by atoms with Gasteiger partial charge in [0.15, 0.2) is 0 Å². The summed E-state index contributed by atoms with van der Waals surface area (Å²) in [6, 6.07) is 5.52. The molecule has 0 aliphatic rings. The van der Waals surface area contributed by atoms with Crippen LogP contribution in [0.2, 0.25) is 5.02 Å². The van der Waals surface area contributed by atoms with Crippen LogP contribution in [0.1, 0.15) is 25.3 Å². The fraction of sp³-hybridized carbons (Fsp3) is 0.462. The van der Waals surface area contributed by atoms with Crippen LogP contribution in [-0.2, 0) is 16.0 Å². The van der Waals surface area contributed by atoms with E-state index in [2.05, 4.69) is 15.9 Å². The summed E-state index contributed by atoms with van der Waals surface area (Å²) in [5, 5.41) is 0.686. The Hall–Kier alpha value is -0.580. The number of carbonyl (C=O) groups excluding carboxylic acids is 1. The van der Waals surface area contributed by atoms with Crippen molar-refractivity contribution in [2.45, 2.75) is 32.2 Å². The van der Waals surface area contributed by atoms with Crippen LogP contribution < -0.4 is 5.73 Å². The average Bonchev–Trinajstić information content (AvgIpc) is 2.32. The van der Waals surface area contributed by atoms with Gasteiger partial charge in [0, 0.05) is 22.0 Å². The summed E-state index contributed by atoms with van der Waals surface area (Å²) in [5.74, 6) is -0.196. The Morgan fingerprint density at radius 3 is 2.94 bits per heavy atom. The molecule has 0 aliphatic heterocycles. The van der Waals surface area contributed by atoms with E-state index in [0.717, 1.165) is 10.0 Å². The molecule has 0 amide bonds. The van der Waals surface area contributed by atoms with Crippen molar-refractivity contribution in [3.8, 4) is 0 Å². The molecule has 1 atom stereocenters. The van der Waals surface area contributed by atoms with Crippen molar-refractivity contribution >= 4 is 33.5 Å². The van der Waals surface area contributed by atoms with Crippen molar-refractivity contribution in [1.82, 2.24) is 0 Å². The van der Waals surface area contributed by atoms with E-state index >= 15 is 0 Å². The summed E-state index contributed by atoms with van der Waals surface area (Å²) < 4.78 is 5.85. The van der Waals surface area contributed by atoms with Gasteiger partial charge in [-0.05, 0) is 43.5 Å². The fourth-order valence-corrected chi connectivity index (χ4v) is 2.22. The Kier molecular flexibility index (Phi) is 6.68. The highest BCUT2D eigenvalue weighted by Crippen LogP contribution is 2.22. The van der Waals surface area contributed by atoms with Crippen LogP contribution in [0.5, 0.6) is 0 Å². The first-order valence-corrected chi connectivity index (χ1v) is 7.05. The zero-order valence-corrected chi connectivity index (χ0v) is 12.6. The molecule has 2 N–H and O–H groups in total. The lowest BCUT2D eigenvalue weighted by molar-refractivity contribution is -0.143. The first kappa shape index (κ1) is 15.5. The molecular weight excluding hydrogens is 318 g/mol. The maximum atomic E-state index is 11.2. The van der Waals surface area contributed by atoms with Crippen LogP contribution in [0.3, 0.4) is 0 Å². The zero-order chi connectivity index (χ0) is 13.5. The topological polar surface area (TPSA) is 52.3 Å². The van der Waals surface area contributed by atoms with Gasteiger partial charge in [0.05, 0.1) is 6.61 Å². The maximum Gasteiger partial charge on any atom is 0.305 e. The molecule has 1 rings (SSSR count). The van der Waals surface area contributed by atoms with Crippen molar-refractivity contribution in [3.63, 3.8) is 0 Å². The van der Waals surface area contributed by atoms with E-state index in [0.29, 0.717) is 30.9 Å². The number of rotatable bonds is 6. The SMILES string of the molecule is CCOC(=O)CCC(N)Cc1cc(Cl)ccc1Br. The molecular formula is C13H17BrClNO2. The Morgan fingerprint density at radius 1 is 1.56 bits per heavy atom. The second kappa shape index (κ2) is 7.77. The highest BCUT2D eigenvalue weighted by molar-refractivity contribution is 9.10. The number of carbonyl (C=O) groups is 1. The van der Waals surface area contributed by atoms with Crippen molar-refractivity contribution < 1.29 is 9.53 Å². The van der Waals surface area contributed by atoms with E-state index in [1.807, 2.05) is 18.2 Å². The molecule has 18 heavy (non-hydrogen) atoms. The number of benzene rings is 1. The van der Waals surface area contributed by atoms with Crippen molar-refractivity contribution in [2.75, 3.05) is 6.61 Å². The first-order chi connectivity index (χ1) is 8.52. The minimum atomic E-state index is -0.196. The highest BCUT2D eigenvalue weighted by Gasteiger charge is 2.10. The number of halogens is 2. The molecule has 0 radical (unpaired) electrons. The summed E-state index contributed by atoms with van der Waals surface area (Å²) in [4.78, 5) is 11.2. The first-order valence-electron chi connectivity index (χ1n) is 5.88. The van der Waals surface area contributed by atoms with Crippen LogP contribution in [0.4, 0.5) is 0 Å². The van der Waals surface area contributed by atoms with Gasteiger partial charge in [0.2, 0.25) is 0 Å². The van der Waals surface area contributed by atoms with Gasteiger partial charge in [-0.2, -0.15) is 0 Å². The molecule has 0 fully saturated rings. The van der Waals surface area contributed by atoms with E-state index in [1.54, 1.807) is 6.92 Å². The third-order valence-corrected chi connectivity index (χ3v) is 3.52. The molecule has 0 saturated heterocycles. The Bertz CT molecular complexity index is 412. The molecule has 0 aliphatic carbocycles. The molecule has 5 heteroatoms. The highest BCUT2D eigenvalue weighted by atomic mass is 79.9. The smallest absolute Gasteiger partial charge is 0.305 e. The summed E-state index contributed by atoms with van der Waals surface area (Å²) in [6.07, 6.45) is 1.64. The molecule has 0 spiro atoms. The molecule has 0 heterocycles. The van der Waals surface area contributed by atoms with E-state index in [4.69, 9.17) is 22.1 Å². The van der Waals surface area contributed by atoms with Gasteiger partial charge >= 0.3 is 5.97 Å². The third-order valence-electron chi connectivity index (χ3n) is 2.51. The summed E-state index contributed by atoms with van der Waals surface area (Å²) in [7, 11) is 0. The van der Waals surface area contributed by atoms with Crippen LogP contribution in [0.15, 0.2) is 22.7 Å². The Labute approximate surface area is 121 Å². The monoisotopic (exact) mass is 333 g/mol. The molecule has 0 bridgehead atoms. The molecule has 0 saturated carbocycles. The largest absolute Gasteiger partial charge is 0.466 e. The van der Waals surface area contributed by atoms with E-state index in [-0.39, 0.29) is 12.0 Å². The van der Waals surface area contributed by atoms with Gasteiger partial charge in [0.25, 0.3) is 0 Å². The van der Waals surface area contributed by atoms with Crippen LogP contribution in [0, 0.1) is 0 Å². The van der Waals surface area contributed by atoms with Crippen LogP contribution in [0.25, 0.3) is 0 Å². The Morgan fingerprint density at radius 2 is 2.28 bits per heavy atom. The standard InChI is InChI=1S/C13H17BrClNO2/c1-2-18-13(17)6-4-11(16)8-9-7-10(15)3-5-12(9)14/h3,5,7,11H,2,4,6,8,16H2,1H3. The van der Waals surface area contributed by atoms with Crippen molar-refractivity contribution in [1.29, 1.82) is 0 Å². The Balaban J connectivity index is 2.46. The van der Waals surface area contributed by atoms with Crippen LogP contribution in [-0.4, -0.2) is 18.6 Å². The maximum absolute atomic E-state index is 11.2. The number of esters is 1. The molecule has 3 nitrogen and oxygen atoms in total. The lowest BCUT2D eigenvalue weighted by Crippen LogP contribution is -2.24. The van der Waals surface area contributed by atoms with Gasteiger partial charge in [0.1, 0.15) is 0 Å². The summed E-state index contributed by atoms with van der Waals surface area (Å²) in [5.41, 5.74) is 7.05. The minimum Gasteiger partial charge on any atom is -0.466 e. The second-order valence-electron chi connectivity index (χ2n) is 4.04. The minimum absolute atomic E-state index is 0.0795. The predicted octanol–water partition coefficient (Wildman–Crippen LogP) is 3.32. The molecule has 100 valence electrons. The molecule has 1 aromatic rings. The lowest BCUT2D eigenvalue weighted by atomic mass is 10.0. The second-order valence-corrected chi connectivity index (χ2v) is 5.33. The van der Waals surface area contributed by atoms with Gasteiger partial charge < -0.3 is 10.5 Å². The number of nitrogens with two attached hydrogens (primary N) is 1. The lowest BCUT2D eigenvalue weighted by Gasteiger charge is -2.12. The van der Waals surface area contributed by atoms with Gasteiger partial charge in [-0.25, -0.2) is 0 Å². The van der Waals surface area contributed by atoms with E-state index in [9.17, 15) is 4.79 Å². The third kappa shape index (κ3) is 5.38. The average molecular weight is 335 g/mol. The molecule has 1 unspecified atom stereocenters. The summed E-state index contributed by atoms with van der Waals surface area (Å²) in [6.45, 7) is 2.20. The van der Waals surface area contributed by atoms with E-state index in [1.165, 1.54) is 0 Å². The fourth-order valence-electron chi connectivity index (χ4n) is 1.62. The number of ether oxygens (including phenoxy) is 1. The predicted molar refractivity (Wildman–Crippen MR) is 76.7 cm³/mol. The van der Waals surface area contributed by atoms with Crippen LogP contribution >= 0.6 is 27.5 Å². The van der Waals surface area contributed by atoms with Crippen molar-refractivity contribution in [3.05, 3.63) is 33.3 Å². The van der Waals surface area contributed by atoms with E-state index < -0.39 is 0 Å². The quantitative estimate of drug-likeness (QED) is 0.812. The molecule has 0 aromatic heterocycles. The van der Waals surface area contributed by atoms with Crippen molar-refractivity contribution in [2.24, 2.45) is 5.73 Å². The number of hydrogen-bond acceptors (Lipinski definition) is 3. The molecule has 1 aromatic carbocycles. The normalized spacial score (nSPS) is 12.2. The van der Waals surface area contributed by atoms with Gasteiger partial charge in [-0.15, -0.1) is 0 Å².